The van der Waals surface area contributed by atoms with Crippen LogP contribution in [-0.2, 0) is 4.74 Å². The van der Waals surface area contributed by atoms with Crippen molar-refractivity contribution in [3.63, 3.8) is 0 Å². The summed E-state index contributed by atoms with van der Waals surface area (Å²) in [5, 5.41) is 0. The summed E-state index contributed by atoms with van der Waals surface area (Å²) in [6.45, 7) is 6.13. The van der Waals surface area contributed by atoms with Crippen molar-refractivity contribution in [3.8, 4) is 0 Å². The van der Waals surface area contributed by atoms with Crippen molar-refractivity contribution in [2.45, 2.75) is 32.4 Å². The molecular weight excluding hydrogens is 218 g/mol. The van der Waals surface area contributed by atoms with Gasteiger partial charge in [-0.1, -0.05) is 12.2 Å². The zero-order valence-corrected chi connectivity index (χ0v) is 10.3. The van der Waals surface area contributed by atoms with E-state index in [0.29, 0.717) is 6.54 Å². The third-order valence-electron chi connectivity index (χ3n) is 2.42. The quantitative estimate of drug-likeness (QED) is 0.702. The first-order valence-corrected chi connectivity index (χ1v) is 5.67. The van der Waals surface area contributed by atoms with Gasteiger partial charge in [-0.25, -0.2) is 4.79 Å². The molecule has 17 heavy (non-hydrogen) atoms. The summed E-state index contributed by atoms with van der Waals surface area (Å²) in [6.07, 6.45) is 5.18. The standard InChI is InChI=1S/C13H17NO3/c1-13(2,3)17-12(15)14-8-4-6-10(14)11-7-5-9-16-11/h4-7,9-10H,8H2,1-3H3. The van der Waals surface area contributed by atoms with Crippen LogP contribution in [0.2, 0.25) is 0 Å². The molecule has 0 N–H and O–H groups in total. The van der Waals surface area contributed by atoms with E-state index in [1.165, 1.54) is 0 Å². The fourth-order valence-corrected chi connectivity index (χ4v) is 1.74. The Bertz CT molecular complexity index is 414. The van der Waals surface area contributed by atoms with Crippen molar-refractivity contribution in [2.24, 2.45) is 0 Å². The van der Waals surface area contributed by atoms with Gasteiger partial charge >= 0.3 is 6.09 Å². The number of furan rings is 1. The Labute approximate surface area is 101 Å². The van der Waals surface area contributed by atoms with Crippen LogP contribution >= 0.6 is 0 Å². The maximum absolute atomic E-state index is 12.0. The number of ether oxygens (including phenoxy) is 1. The van der Waals surface area contributed by atoms with Gasteiger partial charge in [-0.3, -0.25) is 4.90 Å². The summed E-state index contributed by atoms with van der Waals surface area (Å²) in [5.74, 6) is 0.754. The van der Waals surface area contributed by atoms with Crippen LogP contribution in [0.1, 0.15) is 32.6 Å². The molecule has 0 saturated heterocycles. The van der Waals surface area contributed by atoms with Gasteiger partial charge in [0.2, 0.25) is 0 Å². The Balaban J connectivity index is 2.09. The highest BCUT2D eigenvalue weighted by atomic mass is 16.6. The van der Waals surface area contributed by atoms with Gasteiger partial charge in [0.15, 0.2) is 0 Å². The second-order valence-electron chi connectivity index (χ2n) is 5.02. The minimum atomic E-state index is -0.479. The van der Waals surface area contributed by atoms with Crippen LogP contribution in [0.4, 0.5) is 4.79 Å². The fraction of sp³-hybridized carbons (Fsp3) is 0.462. The van der Waals surface area contributed by atoms with E-state index < -0.39 is 5.60 Å². The Kier molecular flexibility index (Phi) is 2.96. The van der Waals surface area contributed by atoms with Crippen LogP contribution in [0.3, 0.4) is 0 Å². The van der Waals surface area contributed by atoms with Crippen molar-refractivity contribution < 1.29 is 13.9 Å². The molecular formula is C13H17NO3. The van der Waals surface area contributed by atoms with E-state index in [1.54, 1.807) is 11.2 Å². The van der Waals surface area contributed by atoms with Gasteiger partial charge in [-0.05, 0) is 32.9 Å². The number of hydrogen-bond acceptors (Lipinski definition) is 3. The molecule has 4 nitrogen and oxygen atoms in total. The number of amides is 1. The van der Waals surface area contributed by atoms with Crippen LogP contribution < -0.4 is 0 Å². The maximum Gasteiger partial charge on any atom is 0.411 e. The van der Waals surface area contributed by atoms with E-state index in [-0.39, 0.29) is 12.1 Å². The lowest BCUT2D eigenvalue weighted by Crippen LogP contribution is -2.36. The minimum Gasteiger partial charge on any atom is -0.467 e. The predicted octanol–water partition coefficient (Wildman–Crippen LogP) is 3.13. The fourth-order valence-electron chi connectivity index (χ4n) is 1.74. The first-order chi connectivity index (χ1) is 7.97. The molecule has 1 aromatic heterocycles. The van der Waals surface area contributed by atoms with E-state index in [1.807, 2.05) is 45.1 Å². The van der Waals surface area contributed by atoms with Crippen molar-refractivity contribution in [1.29, 1.82) is 0 Å². The molecule has 0 aliphatic carbocycles. The predicted molar refractivity (Wildman–Crippen MR) is 63.5 cm³/mol. The first-order valence-electron chi connectivity index (χ1n) is 5.67. The van der Waals surface area contributed by atoms with Gasteiger partial charge < -0.3 is 9.15 Å². The van der Waals surface area contributed by atoms with Gasteiger partial charge in [0.05, 0.1) is 6.26 Å². The molecule has 0 aromatic carbocycles. The van der Waals surface area contributed by atoms with Crippen molar-refractivity contribution in [2.75, 3.05) is 6.54 Å². The van der Waals surface area contributed by atoms with Gasteiger partial charge in [0.1, 0.15) is 17.4 Å². The zero-order chi connectivity index (χ0) is 12.5. The van der Waals surface area contributed by atoms with Crippen LogP contribution in [0.25, 0.3) is 0 Å². The lowest BCUT2D eigenvalue weighted by molar-refractivity contribution is 0.0226. The van der Waals surface area contributed by atoms with Crippen LogP contribution in [0.15, 0.2) is 35.0 Å². The molecule has 0 spiro atoms. The molecule has 1 aliphatic rings. The van der Waals surface area contributed by atoms with Crippen LogP contribution in [0, 0.1) is 0 Å². The third kappa shape index (κ3) is 2.70. The molecule has 1 unspecified atom stereocenters. The summed E-state index contributed by atoms with van der Waals surface area (Å²) in [7, 11) is 0. The largest absolute Gasteiger partial charge is 0.467 e. The Morgan fingerprint density at radius 1 is 1.53 bits per heavy atom. The normalized spacial score (nSPS) is 19.7. The first kappa shape index (κ1) is 11.8. The van der Waals surface area contributed by atoms with E-state index >= 15 is 0 Å². The van der Waals surface area contributed by atoms with Crippen molar-refractivity contribution in [1.82, 2.24) is 4.90 Å². The molecule has 2 heterocycles. The van der Waals surface area contributed by atoms with E-state index in [9.17, 15) is 4.79 Å². The van der Waals surface area contributed by atoms with Crippen LogP contribution in [0.5, 0.6) is 0 Å². The Hall–Kier alpha value is -1.71. The number of rotatable bonds is 1. The maximum atomic E-state index is 12.0. The summed E-state index contributed by atoms with van der Waals surface area (Å²) < 4.78 is 10.7. The Morgan fingerprint density at radius 3 is 2.88 bits per heavy atom. The second kappa shape index (κ2) is 4.28. The minimum absolute atomic E-state index is 0.153. The Morgan fingerprint density at radius 2 is 2.29 bits per heavy atom. The zero-order valence-electron chi connectivity index (χ0n) is 10.3. The summed E-state index contributed by atoms with van der Waals surface area (Å²) >= 11 is 0. The van der Waals surface area contributed by atoms with Crippen molar-refractivity contribution >= 4 is 6.09 Å². The molecule has 0 saturated carbocycles. The molecule has 4 heteroatoms. The molecule has 1 atom stereocenters. The third-order valence-corrected chi connectivity index (χ3v) is 2.42. The molecule has 0 fully saturated rings. The molecule has 1 aromatic rings. The van der Waals surface area contributed by atoms with Gasteiger partial charge in [-0.15, -0.1) is 0 Å². The summed E-state index contributed by atoms with van der Waals surface area (Å²) in [5.41, 5.74) is -0.479. The van der Waals surface area contributed by atoms with Crippen molar-refractivity contribution in [3.05, 3.63) is 36.3 Å². The lowest BCUT2D eigenvalue weighted by Gasteiger charge is -2.27. The van der Waals surface area contributed by atoms with E-state index in [2.05, 4.69) is 0 Å². The lowest BCUT2D eigenvalue weighted by atomic mass is 10.2. The van der Waals surface area contributed by atoms with Gasteiger partial charge in [0.25, 0.3) is 0 Å². The molecule has 0 bridgehead atoms. The summed E-state index contributed by atoms with van der Waals surface area (Å²) in [6, 6.07) is 3.52. The molecule has 1 aliphatic heterocycles. The topological polar surface area (TPSA) is 42.7 Å². The average Bonchev–Trinajstić information content (AvgIpc) is 2.85. The van der Waals surface area contributed by atoms with Crippen LogP contribution in [-0.4, -0.2) is 23.1 Å². The highest BCUT2D eigenvalue weighted by Crippen LogP contribution is 2.28. The monoisotopic (exact) mass is 235 g/mol. The average molecular weight is 235 g/mol. The smallest absolute Gasteiger partial charge is 0.411 e. The molecule has 92 valence electrons. The second-order valence-corrected chi connectivity index (χ2v) is 5.02. The number of carbonyl (C=O) groups is 1. The highest BCUT2D eigenvalue weighted by Gasteiger charge is 2.31. The van der Waals surface area contributed by atoms with Gasteiger partial charge in [-0.2, -0.15) is 0 Å². The number of carbonyl (C=O) groups excluding carboxylic acids is 1. The molecule has 2 rings (SSSR count). The SMILES string of the molecule is CC(C)(C)OC(=O)N1CC=CC1c1ccco1. The van der Waals surface area contributed by atoms with Gasteiger partial charge in [0, 0.05) is 6.54 Å². The van der Waals surface area contributed by atoms with E-state index in [0.717, 1.165) is 5.76 Å². The highest BCUT2D eigenvalue weighted by molar-refractivity contribution is 5.70. The van der Waals surface area contributed by atoms with E-state index in [4.69, 9.17) is 9.15 Å². The number of hydrogen-bond donors (Lipinski definition) is 0. The molecule has 0 radical (unpaired) electrons. The molecule has 1 amide bonds. The summed E-state index contributed by atoms with van der Waals surface area (Å²) in [4.78, 5) is 13.6. The number of nitrogens with zero attached hydrogens (tertiary/aromatic N) is 1.